The van der Waals surface area contributed by atoms with Gasteiger partial charge in [0.15, 0.2) is 5.03 Å². The number of aromatic nitrogens is 2. The number of methoxy groups -OCH3 is 1. The van der Waals surface area contributed by atoms with Gasteiger partial charge in [-0.2, -0.15) is 8.42 Å². The summed E-state index contributed by atoms with van der Waals surface area (Å²) in [7, 11) is -2.10. The number of benzene rings is 1. The number of halogens is 1. The van der Waals surface area contributed by atoms with Crippen LogP contribution in [0.4, 0.5) is 5.69 Å². The standard InChI is InChI=1S/C10H10BrN3O3S/c1-17-9-3-2-7(4-8(9)11)14-18(15,16)10-5-12-6-13-10/h2-6,14H,1H3,(H,12,13). The van der Waals surface area contributed by atoms with E-state index in [4.69, 9.17) is 4.74 Å². The van der Waals surface area contributed by atoms with E-state index in [1.165, 1.54) is 19.6 Å². The lowest BCUT2D eigenvalue weighted by Gasteiger charge is -2.08. The average molecular weight is 332 g/mol. The van der Waals surface area contributed by atoms with E-state index in [0.29, 0.717) is 15.9 Å². The van der Waals surface area contributed by atoms with Crippen molar-refractivity contribution >= 4 is 31.6 Å². The number of hydrogen-bond donors (Lipinski definition) is 2. The zero-order chi connectivity index (χ0) is 13.2. The number of ether oxygens (including phenoxy) is 1. The predicted octanol–water partition coefficient (Wildman–Crippen LogP) is 1.98. The fraction of sp³-hybridized carbons (Fsp3) is 0.100. The minimum atomic E-state index is -3.64. The Balaban J connectivity index is 2.27. The Hall–Kier alpha value is -1.54. The molecule has 0 amide bonds. The van der Waals surface area contributed by atoms with E-state index in [0.717, 1.165) is 0 Å². The molecule has 0 aliphatic rings. The third-order valence-corrected chi connectivity index (χ3v) is 4.09. The number of aromatic amines is 1. The van der Waals surface area contributed by atoms with Crippen molar-refractivity contribution in [1.29, 1.82) is 0 Å². The molecule has 96 valence electrons. The van der Waals surface area contributed by atoms with Crippen molar-refractivity contribution in [3.8, 4) is 5.75 Å². The monoisotopic (exact) mass is 331 g/mol. The second-order valence-electron chi connectivity index (χ2n) is 3.37. The lowest BCUT2D eigenvalue weighted by atomic mass is 10.3. The minimum Gasteiger partial charge on any atom is -0.496 e. The first kappa shape index (κ1) is 12.9. The van der Waals surface area contributed by atoms with Gasteiger partial charge in [-0.05, 0) is 34.1 Å². The normalized spacial score (nSPS) is 11.2. The van der Waals surface area contributed by atoms with Crippen molar-refractivity contribution < 1.29 is 13.2 Å². The molecule has 6 nitrogen and oxygen atoms in total. The summed E-state index contributed by atoms with van der Waals surface area (Å²) in [5.74, 6) is 0.625. The van der Waals surface area contributed by atoms with Gasteiger partial charge in [-0.1, -0.05) is 0 Å². The third-order valence-electron chi connectivity index (χ3n) is 2.17. The molecule has 0 saturated carbocycles. The first-order valence-electron chi connectivity index (χ1n) is 4.87. The molecule has 0 unspecified atom stereocenters. The Bertz CT molecular complexity index is 640. The zero-order valence-electron chi connectivity index (χ0n) is 9.34. The Kier molecular flexibility index (Phi) is 3.58. The molecule has 0 spiro atoms. The van der Waals surface area contributed by atoms with Crippen molar-refractivity contribution in [2.24, 2.45) is 0 Å². The highest BCUT2D eigenvalue weighted by Crippen LogP contribution is 2.28. The predicted molar refractivity (Wildman–Crippen MR) is 70.1 cm³/mol. The summed E-state index contributed by atoms with van der Waals surface area (Å²) >= 11 is 3.28. The van der Waals surface area contributed by atoms with Crippen LogP contribution >= 0.6 is 15.9 Å². The van der Waals surface area contributed by atoms with Gasteiger partial charge in [0.1, 0.15) is 5.75 Å². The smallest absolute Gasteiger partial charge is 0.278 e. The van der Waals surface area contributed by atoms with Crippen LogP contribution in [0.25, 0.3) is 0 Å². The lowest BCUT2D eigenvalue weighted by molar-refractivity contribution is 0.412. The van der Waals surface area contributed by atoms with E-state index in [9.17, 15) is 8.42 Å². The number of sulfonamides is 1. The van der Waals surface area contributed by atoms with Crippen molar-refractivity contribution in [2.45, 2.75) is 5.03 Å². The Morgan fingerprint density at radius 3 is 2.78 bits per heavy atom. The second-order valence-corrected chi connectivity index (χ2v) is 5.88. The molecule has 0 radical (unpaired) electrons. The molecule has 2 N–H and O–H groups in total. The second kappa shape index (κ2) is 4.99. The summed E-state index contributed by atoms with van der Waals surface area (Å²) < 4.78 is 32.0. The van der Waals surface area contributed by atoms with E-state index in [1.807, 2.05) is 0 Å². The number of nitrogens with one attached hydrogen (secondary N) is 2. The minimum absolute atomic E-state index is 0.00874. The van der Waals surface area contributed by atoms with Gasteiger partial charge in [0.2, 0.25) is 0 Å². The van der Waals surface area contributed by atoms with Crippen LogP contribution in [0.1, 0.15) is 0 Å². The maximum absolute atomic E-state index is 11.9. The molecule has 2 rings (SSSR count). The molecule has 0 aliphatic heterocycles. The van der Waals surface area contributed by atoms with Crippen LogP contribution in [0.2, 0.25) is 0 Å². The maximum atomic E-state index is 11.9. The molecule has 0 aliphatic carbocycles. The van der Waals surface area contributed by atoms with Gasteiger partial charge in [0, 0.05) is 0 Å². The lowest BCUT2D eigenvalue weighted by Crippen LogP contribution is -2.13. The van der Waals surface area contributed by atoms with Gasteiger partial charge in [0.05, 0.1) is 29.8 Å². The number of nitrogens with zero attached hydrogens (tertiary/aromatic N) is 1. The molecule has 2 aromatic rings. The summed E-state index contributed by atoms with van der Waals surface area (Å²) in [6.07, 6.45) is 2.54. The highest BCUT2D eigenvalue weighted by Gasteiger charge is 2.16. The quantitative estimate of drug-likeness (QED) is 0.897. The van der Waals surface area contributed by atoms with Crippen LogP contribution in [0.15, 0.2) is 40.2 Å². The Morgan fingerprint density at radius 2 is 2.22 bits per heavy atom. The number of H-pyrrole nitrogens is 1. The van der Waals surface area contributed by atoms with Gasteiger partial charge < -0.3 is 9.72 Å². The number of rotatable bonds is 4. The molecule has 0 bridgehead atoms. The van der Waals surface area contributed by atoms with Crippen LogP contribution in [0.3, 0.4) is 0 Å². The van der Waals surface area contributed by atoms with Crippen LogP contribution < -0.4 is 9.46 Å². The van der Waals surface area contributed by atoms with Crippen LogP contribution in [0.5, 0.6) is 5.75 Å². The first-order valence-corrected chi connectivity index (χ1v) is 7.15. The van der Waals surface area contributed by atoms with Crippen LogP contribution in [-0.4, -0.2) is 25.5 Å². The van der Waals surface area contributed by atoms with Crippen molar-refractivity contribution in [3.05, 3.63) is 35.2 Å². The van der Waals surface area contributed by atoms with Gasteiger partial charge in [-0.15, -0.1) is 0 Å². The Morgan fingerprint density at radius 1 is 1.44 bits per heavy atom. The molecule has 1 aromatic carbocycles. The van der Waals surface area contributed by atoms with E-state index < -0.39 is 10.0 Å². The van der Waals surface area contributed by atoms with Gasteiger partial charge >= 0.3 is 0 Å². The van der Waals surface area contributed by atoms with E-state index >= 15 is 0 Å². The van der Waals surface area contributed by atoms with E-state index in [-0.39, 0.29) is 5.03 Å². The molecule has 0 fully saturated rings. The molecule has 18 heavy (non-hydrogen) atoms. The number of imidazole rings is 1. The highest BCUT2D eigenvalue weighted by atomic mass is 79.9. The SMILES string of the molecule is COc1ccc(NS(=O)(=O)c2cnc[nH]2)cc1Br. The summed E-state index contributed by atoms with van der Waals surface area (Å²) in [5.41, 5.74) is 0.428. The molecule has 0 atom stereocenters. The van der Waals surface area contributed by atoms with Gasteiger partial charge in [-0.3, -0.25) is 4.72 Å². The zero-order valence-corrected chi connectivity index (χ0v) is 11.7. The van der Waals surface area contributed by atoms with E-state index in [1.54, 1.807) is 18.2 Å². The van der Waals surface area contributed by atoms with Crippen molar-refractivity contribution in [3.63, 3.8) is 0 Å². The van der Waals surface area contributed by atoms with Crippen LogP contribution in [0, 0.1) is 0 Å². The first-order chi connectivity index (χ1) is 8.53. The summed E-state index contributed by atoms with van der Waals surface area (Å²) in [5, 5.41) is 0.00874. The summed E-state index contributed by atoms with van der Waals surface area (Å²) in [6, 6.07) is 4.89. The molecular weight excluding hydrogens is 322 g/mol. The molecule has 8 heteroatoms. The number of anilines is 1. The maximum Gasteiger partial charge on any atom is 0.278 e. The largest absolute Gasteiger partial charge is 0.496 e. The molecule has 1 aromatic heterocycles. The molecule has 0 saturated heterocycles. The van der Waals surface area contributed by atoms with E-state index in [2.05, 4.69) is 30.6 Å². The van der Waals surface area contributed by atoms with Crippen LogP contribution in [-0.2, 0) is 10.0 Å². The molecule has 1 heterocycles. The topological polar surface area (TPSA) is 84.1 Å². The fourth-order valence-corrected chi connectivity index (χ4v) is 2.83. The highest BCUT2D eigenvalue weighted by molar-refractivity contribution is 9.10. The van der Waals surface area contributed by atoms with Crippen molar-refractivity contribution in [1.82, 2.24) is 9.97 Å². The van der Waals surface area contributed by atoms with Gasteiger partial charge in [-0.25, -0.2) is 4.98 Å². The third kappa shape index (κ3) is 2.65. The van der Waals surface area contributed by atoms with Crippen molar-refractivity contribution in [2.75, 3.05) is 11.8 Å². The van der Waals surface area contributed by atoms with Gasteiger partial charge in [0.25, 0.3) is 10.0 Å². The fourth-order valence-electron chi connectivity index (χ4n) is 1.33. The summed E-state index contributed by atoms with van der Waals surface area (Å²) in [4.78, 5) is 6.21. The average Bonchev–Trinajstić information content (AvgIpc) is 2.82. The summed E-state index contributed by atoms with van der Waals surface area (Å²) in [6.45, 7) is 0. The molecular formula is C10H10BrN3O3S. The Labute approximate surface area is 113 Å². The number of hydrogen-bond acceptors (Lipinski definition) is 4.